The summed E-state index contributed by atoms with van der Waals surface area (Å²) in [5.74, 6) is 0. The topological polar surface area (TPSA) is 12.0 Å². The van der Waals surface area contributed by atoms with Crippen LogP contribution in [-0.2, 0) is 0 Å². The number of nitrogens with one attached hydrogen (secondary N) is 1. The van der Waals surface area contributed by atoms with Gasteiger partial charge in [0.15, 0.2) is 0 Å². The monoisotopic (exact) mass is 351 g/mol. The van der Waals surface area contributed by atoms with E-state index < -0.39 is 0 Å². The van der Waals surface area contributed by atoms with Crippen molar-refractivity contribution < 1.29 is 0 Å². The first-order chi connectivity index (χ1) is 9.60. The van der Waals surface area contributed by atoms with Crippen LogP contribution < -0.4 is 5.32 Å². The number of halogens is 2. The minimum Gasteiger partial charge on any atom is -0.303 e. The lowest BCUT2D eigenvalue weighted by molar-refractivity contribution is 0.456. The van der Waals surface area contributed by atoms with Crippen molar-refractivity contribution >= 4 is 27.5 Å². The van der Waals surface area contributed by atoms with E-state index in [1.54, 1.807) is 0 Å². The lowest BCUT2D eigenvalue weighted by atomic mass is 10.0. The lowest BCUT2D eigenvalue weighted by Gasteiger charge is -2.23. The molecule has 3 heteroatoms. The largest absolute Gasteiger partial charge is 0.303 e. The van der Waals surface area contributed by atoms with Gasteiger partial charge < -0.3 is 5.32 Å². The van der Waals surface area contributed by atoms with Crippen LogP contribution >= 0.6 is 27.5 Å². The SMILES string of the molecule is CCC(N[C@H](C)c1ccc(Cl)cc1)c1cccc(Br)c1. The molecule has 1 nitrogen and oxygen atoms in total. The molecule has 2 aromatic carbocycles. The molecule has 2 rings (SSSR count). The number of hydrogen-bond acceptors (Lipinski definition) is 1. The smallest absolute Gasteiger partial charge is 0.0406 e. The molecular weight excluding hydrogens is 334 g/mol. The van der Waals surface area contributed by atoms with E-state index in [0.29, 0.717) is 6.04 Å². The van der Waals surface area contributed by atoms with E-state index in [9.17, 15) is 0 Å². The molecule has 0 saturated carbocycles. The maximum absolute atomic E-state index is 5.94. The van der Waals surface area contributed by atoms with Gasteiger partial charge in [-0.25, -0.2) is 0 Å². The highest BCUT2D eigenvalue weighted by Gasteiger charge is 2.13. The van der Waals surface area contributed by atoms with Crippen LogP contribution in [0.3, 0.4) is 0 Å². The quantitative estimate of drug-likeness (QED) is 0.706. The van der Waals surface area contributed by atoms with Gasteiger partial charge in [-0.15, -0.1) is 0 Å². The van der Waals surface area contributed by atoms with Crippen molar-refractivity contribution in [3.8, 4) is 0 Å². The fourth-order valence-electron chi connectivity index (χ4n) is 2.32. The lowest BCUT2D eigenvalue weighted by Crippen LogP contribution is -2.24. The van der Waals surface area contributed by atoms with Crippen LogP contribution in [0.5, 0.6) is 0 Å². The first kappa shape index (κ1) is 15.6. The normalized spacial score (nSPS) is 14.0. The highest BCUT2D eigenvalue weighted by atomic mass is 79.9. The van der Waals surface area contributed by atoms with Gasteiger partial charge in [-0.1, -0.05) is 58.7 Å². The number of hydrogen-bond donors (Lipinski definition) is 1. The standard InChI is InChI=1S/C17H19BrClN/c1-3-17(14-5-4-6-15(18)11-14)20-12(2)13-7-9-16(19)10-8-13/h4-12,17,20H,3H2,1-2H3/t12-,17?/m1/s1. The van der Waals surface area contributed by atoms with E-state index in [4.69, 9.17) is 11.6 Å². The second-order valence-corrected chi connectivity index (χ2v) is 6.31. The summed E-state index contributed by atoms with van der Waals surface area (Å²) >= 11 is 9.47. The van der Waals surface area contributed by atoms with Gasteiger partial charge in [0.05, 0.1) is 0 Å². The molecule has 1 N–H and O–H groups in total. The number of rotatable bonds is 5. The molecule has 0 aromatic heterocycles. The van der Waals surface area contributed by atoms with Crippen LogP contribution in [0.1, 0.15) is 43.5 Å². The van der Waals surface area contributed by atoms with Crippen molar-refractivity contribution in [3.05, 3.63) is 69.2 Å². The zero-order valence-corrected chi connectivity index (χ0v) is 14.1. The van der Waals surface area contributed by atoms with Crippen LogP contribution in [0.4, 0.5) is 0 Å². The third kappa shape index (κ3) is 4.08. The summed E-state index contributed by atoms with van der Waals surface area (Å²) in [6, 6.07) is 17.1. The molecule has 0 saturated heterocycles. The van der Waals surface area contributed by atoms with E-state index in [-0.39, 0.29) is 6.04 Å². The second-order valence-electron chi connectivity index (χ2n) is 4.96. The summed E-state index contributed by atoms with van der Waals surface area (Å²) in [7, 11) is 0. The Hall–Kier alpha value is -0.830. The van der Waals surface area contributed by atoms with Crippen molar-refractivity contribution in [1.82, 2.24) is 5.32 Å². The second kappa shape index (κ2) is 7.26. The Morgan fingerprint density at radius 3 is 2.40 bits per heavy atom. The van der Waals surface area contributed by atoms with E-state index in [1.165, 1.54) is 11.1 Å². The first-order valence-electron chi connectivity index (χ1n) is 6.87. The summed E-state index contributed by atoms with van der Waals surface area (Å²) in [4.78, 5) is 0. The van der Waals surface area contributed by atoms with E-state index >= 15 is 0 Å². The van der Waals surface area contributed by atoms with Crippen molar-refractivity contribution in [3.63, 3.8) is 0 Å². The molecule has 0 aliphatic carbocycles. The fraction of sp³-hybridized carbons (Fsp3) is 0.294. The molecule has 0 aliphatic rings. The summed E-state index contributed by atoms with van der Waals surface area (Å²) in [6.45, 7) is 4.39. The zero-order chi connectivity index (χ0) is 14.5. The molecule has 0 spiro atoms. The molecule has 1 unspecified atom stereocenters. The Morgan fingerprint density at radius 1 is 1.10 bits per heavy atom. The van der Waals surface area contributed by atoms with Crippen molar-refractivity contribution in [1.29, 1.82) is 0 Å². The Morgan fingerprint density at radius 2 is 1.80 bits per heavy atom. The predicted octanol–water partition coefficient (Wildman–Crippen LogP) is 5.90. The van der Waals surface area contributed by atoms with Crippen molar-refractivity contribution in [2.75, 3.05) is 0 Å². The van der Waals surface area contributed by atoms with E-state index in [0.717, 1.165) is 15.9 Å². The molecule has 0 bridgehead atoms. The Bertz CT molecular complexity index is 553. The van der Waals surface area contributed by atoms with Gasteiger partial charge in [-0.05, 0) is 48.7 Å². The van der Waals surface area contributed by atoms with Gasteiger partial charge in [-0.2, -0.15) is 0 Å². The van der Waals surface area contributed by atoms with Gasteiger partial charge in [0.25, 0.3) is 0 Å². The molecule has 0 amide bonds. The van der Waals surface area contributed by atoms with Gasteiger partial charge in [0, 0.05) is 21.6 Å². The first-order valence-corrected chi connectivity index (χ1v) is 8.04. The Labute approximate surface area is 134 Å². The van der Waals surface area contributed by atoms with Crippen LogP contribution in [-0.4, -0.2) is 0 Å². The molecule has 20 heavy (non-hydrogen) atoms. The van der Waals surface area contributed by atoms with E-state index in [1.807, 2.05) is 12.1 Å². The molecule has 106 valence electrons. The molecule has 2 aromatic rings. The van der Waals surface area contributed by atoms with Gasteiger partial charge in [0.2, 0.25) is 0 Å². The molecule has 0 fully saturated rings. The van der Waals surface area contributed by atoms with Crippen LogP contribution in [0.25, 0.3) is 0 Å². The Balaban J connectivity index is 2.11. The fourth-order valence-corrected chi connectivity index (χ4v) is 2.87. The van der Waals surface area contributed by atoms with Gasteiger partial charge in [0.1, 0.15) is 0 Å². The third-order valence-corrected chi connectivity index (χ3v) is 4.23. The number of benzene rings is 2. The van der Waals surface area contributed by atoms with Crippen LogP contribution in [0.2, 0.25) is 5.02 Å². The predicted molar refractivity (Wildman–Crippen MR) is 90.2 cm³/mol. The third-order valence-electron chi connectivity index (χ3n) is 3.48. The summed E-state index contributed by atoms with van der Waals surface area (Å²) in [6.07, 6.45) is 1.05. The molecular formula is C17H19BrClN. The maximum Gasteiger partial charge on any atom is 0.0406 e. The molecule has 0 radical (unpaired) electrons. The molecule has 0 aliphatic heterocycles. The average Bonchev–Trinajstić information content (AvgIpc) is 2.45. The van der Waals surface area contributed by atoms with Crippen molar-refractivity contribution in [2.45, 2.75) is 32.4 Å². The maximum atomic E-state index is 5.94. The highest BCUT2D eigenvalue weighted by molar-refractivity contribution is 9.10. The average molecular weight is 353 g/mol. The van der Waals surface area contributed by atoms with Crippen molar-refractivity contribution in [2.24, 2.45) is 0 Å². The molecule has 2 atom stereocenters. The molecule has 0 heterocycles. The van der Waals surface area contributed by atoms with Gasteiger partial charge in [-0.3, -0.25) is 0 Å². The van der Waals surface area contributed by atoms with Crippen LogP contribution in [0.15, 0.2) is 53.0 Å². The summed E-state index contributed by atoms with van der Waals surface area (Å²) in [5.41, 5.74) is 2.56. The summed E-state index contributed by atoms with van der Waals surface area (Å²) < 4.78 is 1.12. The van der Waals surface area contributed by atoms with E-state index in [2.05, 4.69) is 71.5 Å². The minimum atomic E-state index is 0.288. The zero-order valence-electron chi connectivity index (χ0n) is 11.7. The highest BCUT2D eigenvalue weighted by Crippen LogP contribution is 2.25. The van der Waals surface area contributed by atoms with Gasteiger partial charge >= 0.3 is 0 Å². The Kier molecular flexibility index (Phi) is 5.64. The minimum absolute atomic E-state index is 0.288. The van der Waals surface area contributed by atoms with Crippen LogP contribution in [0, 0.1) is 0 Å². The summed E-state index contributed by atoms with van der Waals surface area (Å²) in [5, 5.41) is 4.46.